The first kappa shape index (κ1) is 24.3. The Bertz CT molecular complexity index is 1010. The summed E-state index contributed by atoms with van der Waals surface area (Å²) in [6.07, 6.45) is 1.57. The second kappa shape index (κ2) is 11.0. The molecular weight excluding hydrogens is 420 g/mol. The summed E-state index contributed by atoms with van der Waals surface area (Å²) in [4.78, 5) is 29.7. The maximum absolute atomic E-state index is 13.1. The molecule has 0 aliphatic carbocycles. The van der Waals surface area contributed by atoms with Gasteiger partial charge in [-0.2, -0.15) is 0 Å². The molecule has 0 saturated carbocycles. The van der Waals surface area contributed by atoms with Crippen molar-refractivity contribution in [2.75, 3.05) is 40.9 Å². The molecule has 7 heteroatoms. The predicted octanol–water partition coefficient (Wildman–Crippen LogP) is 3.86. The molecule has 0 unspecified atom stereocenters. The van der Waals surface area contributed by atoms with Gasteiger partial charge in [0.25, 0.3) is 11.7 Å². The van der Waals surface area contributed by atoms with Crippen LogP contribution in [0.4, 0.5) is 0 Å². The number of hydrogen-bond acceptors (Lipinski definition) is 6. The standard InChI is InChI=1S/C26H32N2O5/c1-5-16-33-21-9-6-8-19(17-21)23-22(24(29)18-10-12-20(32-4)13-11-18)25(30)26(31)28(23)15-7-14-27(2)3/h6,8-13,17,23,29H,5,7,14-16H2,1-4H3/t23-/m0/s1. The molecule has 0 bridgehead atoms. The highest BCUT2D eigenvalue weighted by Crippen LogP contribution is 2.40. The van der Waals surface area contributed by atoms with Crippen molar-refractivity contribution < 1.29 is 24.2 Å². The van der Waals surface area contributed by atoms with E-state index in [0.717, 1.165) is 18.5 Å². The quantitative estimate of drug-likeness (QED) is 0.335. The summed E-state index contributed by atoms with van der Waals surface area (Å²) in [6, 6.07) is 13.4. The fraction of sp³-hybridized carbons (Fsp3) is 0.385. The van der Waals surface area contributed by atoms with E-state index < -0.39 is 17.7 Å². The van der Waals surface area contributed by atoms with Gasteiger partial charge in [-0.25, -0.2) is 0 Å². The lowest BCUT2D eigenvalue weighted by Gasteiger charge is -2.26. The minimum Gasteiger partial charge on any atom is -0.507 e. The number of aliphatic hydroxyl groups is 1. The first-order valence-corrected chi connectivity index (χ1v) is 11.2. The Balaban J connectivity index is 2.07. The lowest BCUT2D eigenvalue weighted by Crippen LogP contribution is -2.32. The molecule has 7 nitrogen and oxygen atoms in total. The average molecular weight is 453 g/mol. The number of rotatable bonds is 10. The van der Waals surface area contributed by atoms with Gasteiger partial charge < -0.3 is 24.4 Å². The Morgan fingerprint density at radius 3 is 2.45 bits per heavy atom. The zero-order valence-corrected chi connectivity index (χ0v) is 19.7. The Morgan fingerprint density at radius 1 is 1.09 bits per heavy atom. The number of likely N-dealkylation sites (tertiary alicyclic amines) is 1. The van der Waals surface area contributed by atoms with Gasteiger partial charge in [-0.3, -0.25) is 9.59 Å². The van der Waals surface area contributed by atoms with Crippen LogP contribution in [0, 0.1) is 0 Å². The number of amides is 1. The van der Waals surface area contributed by atoms with Crippen LogP contribution in [0.2, 0.25) is 0 Å². The molecule has 2 aromatic rings. The number of benzene rings is 2. The predicted molar refractivity (Wildman–Crippen MR) is 127 cm³/mol. The highest BCUT2D eigenvalue weighted by Gasteiger charge is 2.45. The molecule has 0 radical (unpaired) electrons. The number of carbonyl (C=O) groups is 2. The molecule has 3 rings (SSSR count). The molecule has 176 valence electrons. The van der Waals surface area contributed by atoms with Crippen molar-refractivity contribution in [1.29, 1.82) is 0 Å². The topological polar surface area (TPSA) is 79.3 Å². The number of ether oxygens (including phenoxy) is 2. The third kappa shape index (κ3) is 5.54. The van der Waals surface area contributed by atoms with E-state index in [1.165, 1.54) is 0 Å². The SMILES string of the molecule is CCCOc1cccc([C@H]2C(=C(O)c3ccc(OC)cc3)C(=O)C(=O)N2CCCN(C)C)c1. The highest BCUT2D eigenvalue weighted by atomic mass is 16.5. The minimum atomic E-state index is -0.695. The van der Waals surface area contributed by atoms with E-state index in [1.807, 2.05) is 50.2 Å². The normalized spacial score (nSPS) is 17.6. The van der Waals surface area contributed by atoms with Crippen molar-refractivity contribution in [3.05, 3.63) is 65.2 Å². The number of nitrogens with zero attached hydrogens (tertiary/aromatic N) is 2. The molecule has 1 aliphatic rings. The number of hydrogen-bond donors (Lipinski definition) is 1. The maximum Gasteiger partial charge on any atom is 0.295 e. The Morgan fingerprint density at radius 2 is 1.82 bits per heavy atom. The number of carbonyl (C=O) groups excluding carboxylic acids is 2. The lowest BCUT2D eigenvalue weighted by molar-refractivity contribution is -0.139. The summed E-state index contributed by atoms with van der Waals surface area (Å²) in [5.41, 5.74) is 1.26. The van der Waals surface area contributed by atoms with E-state index in [-0.39, 0.29) is 11.3 Å². The Labute approximate surface area is 195 Å². The number of ketones is 1. The molecule has 0 aromatic heterocycles. The molecular formula is C26H32N2O5. The van der Waals surface area contributed by atoms with Gasteiger partial charge in [0.1, 0.15) is 17.3 Å². The van der Waals surface area contributed by atoms with Gasteiger partial charge >= 0.3 is 0 Å². The Hall–Kier alpha value is -3.32. The number of methoxy groups -OCH3 is 1. The molecule has 33 heavy (non-hydrogen) atoms. The molecule has 1 fully saturated rings. The fourth-order valence-corrected chi connectivity index (χ4v) is 3.91. The van der Waals surface area contributed by atoms with Crippen molar-refractivity contribution in [3.63, 3.8) is 0 Å². The van der Waals surface area contributed by atoms with Crippen LogP contribution in [0.1, 0.15) is 36.9 Å². The average Bonchev–Trinajstić information content (AvgIpc) is 3.07. The molecule has 1 aliphatic heterocycles. The summed E-state index contributed by atoms with van der Waals surface area (Å²) in [5, 5.41) is 11.1. The van der Waals surface area contributed by atoms with Crippen LogP contribution in [0.25, 0.3) is 5.76 Å². The highest BCUT2D eigenvalue weighted by molar-refractivity contribution is 6.46. The maximum atomic E-state index is 13.1. The van der Waals surface area contributed by atoms with Crippen LogP contribution >= 0.6 is 0 Å². The largest absolute Gasteiger partial charge is 0.507 e. The van der Waals surface area contributed by atoms with Crippen LogP contribution in [-0.2, 0) is 9.59 Å². The smallest absolute Gasteiger partial charge is 0.295 e. The van der Waals surface area contributed by atoms with Crippen LogP contribution in [0.3, 0.4) is 0 Å². The number of aliphatic hydroxyl groups excluding tert-OH is 1. The van der Waals surface area contributed by atoms with Crippen LogP contribution in [0.15, 0.2) is 54.1 Å². The summed E-state index contributed by atoms with van der Waals surface area (Å²) < 4.78 is 11.0. The van der Waals surface area contributed by atoms with Gasteiger partial charge in [0.2, 0.25) is 0 Å². The molecule has 0 spiro atoms. The first-order chi connectivity index (χ1) is 15.9. The molecule has 1 N–H and O–H groups in total. The van der Waals surface area contributed by atoms with Crippen molar-refractivity contribution >= 4 is 17.4 Å². The van der Waals surface area contributed by atoms with Crippen molar-refractivity contribution in [3.8, 4) is 11.5 Å². The summed E-state index contributed by atoms with van der Waals surface area (Å²) >= 11 is 0. The van der Waals surface area contributed by atoms with E-state index in [9.17, 15) is 14.7 Å². The fourth-order valence-electron chi connectivity index (χ4n) is 3.91. The van der Waals surface area contributed by atoms with Gasteiger partial charge in [-0.1, -0.05) is 19.1 Å². The van der Waals surface area contributed by atoms with E-state index >= 15 is 0 Å². The number of Topliss-reactive ketones (excluding diaryl/α,β-unsaturated/α-hetero) is 1. The van der Waals surface area contributed by atoms with E-state index in [4.69, 9.17) is 9.47 Å². The van der Waals surface area contributed by atoms with Gasteiger partial charge in [0.05, 0.1) is 25.3 Å². The summed E-state index contributed by atoms with van der Waals surface area (Å²) in [5.74, 6) is -0.187. The second-order valence-corrected chi connectivity index (χ2v) is 8.30. The molecule has 1 amide bonds. The van der Waals surface area contributed by atoms with Crippen LogP contribution in [-0.4, -0.2) is 67.5 Å². The Kier molecular flexibility index (Phi) is 8.11. The van der Waals surface area contributed by atoms with Gasteiger partial charge in [-0.05, 0) is 75.4 Å². The second-order valence-electron chi connectivity index (χ2n) is 8.30. The van der Waals surface area contributed by atoms with Crippen molar-refractivity contribution in [1.82, 2.24) is 9.80 Å². The summed E-state index contributed by atoms with van der Waals surface area (Å²) in [6.45, 7) is 3.76. The van der Waals surface area contributed by atoms with Crippen molar-refractivity contribution in [2.45, 2.75) is 25.8 Å². The van der Waals surface area contributed by atoms with E-state index in [2.05, 4.69) is 0 Å². The lowest BCUT2D eigenvalue weighted by atomic mass is 9.95. The third-order valence-electron chi connectivity index (χ3n) is 5.55. The van der Waals surface area contributed by atoms with Gasteiger partial charge in [-0.15, -0.1) is 0 Å². The van der Waals surface area contributed by atoms with E-state index in [1.54, 1.807) is 36.3 Å². The van der Waals surface area contributed by atoms with Gasteiger partial charge in [0.15, 0.2) is 0 Å². The third-order valence-corrected chi connectivity index (χ3v) is 5.55. The molecule has 2 aromatic carbocycles. The van der Waals surface area contributed by atoms with Gasteiger partial charge in [0, 0.05) is 12.1 Å². The first-order valence-electron chi connectivity index (χ1n) is 11.2. The monoisotopic (exact) mass is 452 g/mol. The molecule has 1 atom stereocenters. The van der Waals surface area contributed by atoms with Crippen molar-refractivity contribution in [2.24, 2.45) is 0 Å². The summed E-state index contributed by atoms with van der Waals surface area (Å²) in [7, 11) is 5.48. The zero-order valence-electron chi connectivity index (χ0n) is 19.7. The van der Waals surface area contributed by atoms with E-state index in [0.29, 0.717) is 36.6 Å². The zero-order chi connectivity index (χ0) is 24.0. The van der Waals surface area contributed by atoms with Crippen LogP contribution < -0.4 is 9.47 Å². The molecule has 1 heterocycles. The van der Waals surface area contributed by atoms with Crippen LogP contribution in [0.5, 0.6) is 11.5 Å². The molecule has 1 saturated heterocycles. The minimum absolute atomic E-state index is 0.0858.